The van der Waals surface area contributed by atoms with Crippen molar-refractivity contribution in [2.24, 2.45) is 0 Å². The number of hydrogen-bond donors (Lipinski definition) is 4. The molecule has 2 aromatic rings. The lowest BCUT2D eigenvalue weighted by Crippen LogP contribution is -2.30. The van der Waals surface area contributed by atoms with E-state index < -0.39 is 12.1 Å². The Bertz CT molecular complexity index is 648. The number of carboxylic acids is 1. The van der Waals surface area contributed by atoms with Crippen molar-refractivity contribution in [1.29, 1.82) is 0 Å². The highest BCUT2D eigenvalue weighted by Gasteiger charge is 2.17. The molecule has 4 N–H and O–H groups in total. The predicted octanol–water partition coefficient (Wildman–Crippen LogP) is 1.04. The zero-order chi connectivity index (χ0) is 14.7. The van der Waals surface area contributed by atoms with Crippen LogP contribution in [0.4, 0.5) is 0 Å². The summed E-state index contributed by atoms with van der Waals surface area (Å²) in [6.45, 7) is 1.91. The van der Waals surface area contributed by atoms with Crippen LogP contribution in [0.15, 0.2) is 24.3 Å². The number of aliphatic hydroxyl groups is 1. The third-order valence-corrected chi connectivity index (χ3v) is 3.11. The fourth-order valence-electron chi connectivity index (χ4n) is 2.10. The first kappa shape index (κ1) is 14.1. The fourth-order valence-corrected chi connectivity index (χ4v) is 2.10. The van der Waals surface area contributed by atoms with Crippen LogP contribution in [0.1, 0.15) is 22.5 Å². The third-order valence-electron chi connectivity index (χ3n) is 3.11. The average Bonchev–Trinajstić information content (AvgIpc) is 2.74. The van der Waals surface area contributed by atoms with Crippen LogP contribution in [0.25, 0.3) is 10.9 Å². The molecule has 1 unspecified atom stereocenters. The predicted molar refractivity (Wildman–Crippen MR) is 73.6 cm³/mol. The summed E-state index contributed by atoms with van der Waals surface area (Å²) >= 11 is 0. The van der Waals surface area contributed by atoms with Gasteiger partial charge in [-0.2, -0.15) is 0 Å². The molecule has 0 fully saturated rings. The molecule has 0 aliphatic heterocycles. The number of rotatable bonds is 5. The number of carbonyl (C=O) groups excluding carboxylic acids is 1. The van der Waals surface area contributed by atoms with E-state index in [9.17, 15) is 9.59 Å². The number of aromatic nitrogens is 1. The second-order valence-electron chi connectivity index (χ2n) is 4.57. The molecule has 20 heavy (non-hydrogen) atoms. The van der Waals surface area contributed by atoms with Crippen LogP contribution in [-0.4, -0.2) is 39.7 Å². The maximum Gasteiger partial charge on any atom is 0.332 e. The van der Waals surface area contributed by atoms with Gasteiger partial charge in [0.15, 0.2) is 6.10 Å². The van der Waals surface area contributed by atoms with Crippen molar-refractivity contribution in [1.82, 2.24) is 10.3 Å². The van der Waals surface area contributed by atoms with Gasteiger partial charge in [-0.25, -0.2) is 4.79 Å². The molecule has 2 rings (SSSR count). The summed E-state index contributed by atoms with van der Waals surface area (Å²) in [6, 6.07) is 7.46. The molecular weight excluding hydrogens is 260 g/mol. The van der Waals surface area contributed by atoms with E-state index in [1.165, 1.54) is 0 Å². The van der Waals surface area contributed by atoms with Crippen molar-refractivity contribution in [2.75, 3.05) is 6.54 Å². The van der Waals surface area contributed by atoms with Gasteiger partial charge < -0.3 is 20.5 Å². The van der Waals surface area contributed by atoms with Gasteiger partial charge in [-0.1, -0.05) is 18.2 Å². The Labute approximate surface area is 115 Å². The summed E-state index contributed by atoms with van der Waals surface area (Å²) in [5, 5.41) is 21.1. The summed E-state index contributed by atoms with van der Waals surface area (Å²) in [6.07, 6.45) is -1.48. The number of aromatic amines is 1. The number of hydrogen-bond acceptors (Lipinski definition) is 3. The van der Waals surface area contributed by atoms with Gasteiger partial charge in [-0.3, -0.25) is 4.79 Å². The van der Waals surface area contributed by atoms with Crippen LogP contribution in [0.5, 0.6) is 0 Å². The monoisotopic (exact) mass is 276 g/mol. The first-order valence-corrected chi connectivity index (χ1v) is 6.27. The van der Waals surface area contributed by atoms with Crippen molar-refractivity contribution in [2.45, 2.75) is 19.4 Å². The number of fused-ring (bicyclic) bond motifs is 1. The topological polar surface area (TPSA) is 102 Å². The normalized spacial score (nSPS) is 12.3. The van der Waals surface area contributed by atoms with E-state index in [1.54, 1.807) is 6.92 Å². The van der Waals surface area contributed by atoms with E-state index in [0.717, 1.165) is 16.6 Å². The van der Waals surface area contributed by atoms with Crippen LogP contribution in [0.2, 0.25) is 0 Å². The van der Waals surface area contributed by atoms with Crippen molar-refractivity contribution < 1.29 is 19.8 Å². The summed E-state index contributed by atoms with van der Waals surface area (Å²) in [7, 11) is 0. The van der Waals surface area contributed by atoms with Crippen LogP contribution in [-0.2, 0) is 4.79 Å². The number of benzene rings is 1. The lowest BCUT2D eigenvalue weighted by Gasteiger charge is -2.07. The largest absolute Gasteiger partial charge is 0.479 e. The highest BCUT2D eigenvalue weighted by atomic mass is 16.4. The Morgan fingerprint density at radius 2 is 2.05 bits per heavy atom. The molecule has 6 nitrogen and oxygen atoms in total. The van der Waals surface area contributed by atoms with E-state index in [4.69, 9.17) is 10.2 Å². The van der Waals surface area contributed by atoms with E-state index in [-0.39, 0.29) is 18.9 Å². The fraction of sp³-hybridized carbons (Fsp3) is 0.286. The molecule has 6 heteroatoms. The number of para-hydroxylation sites is 1. The molecule has 1 aromatic carbocycles. The number of carboxylic acid groups (broad SMARTS) is 1. The van der Waals surface area contributed by atoms with Gasteiger partial charge in [-0.05, 0) is 13.0 Å². The van der Waals surface area contributed by atoms with Crippen molar-refractivity contribution in [3.63, 3.8) is 0 Å². The number of nitrogens with one attached hydrogen (secondary N) is 2. The number of carbonyl (C=O) groups is 2. The Balaban J connectivity index is 2.08. The van der Waals surface area contributed by atoms with Crippen molar-refractivity contribution in [3.05, 3.63) is 35.5 Å². The minimum absolute atomic E-state index is 0.0253. The average molecular weight is 276 g/mol. The number of H-pyrrole nitrogens is 1. The second-order valence-corrected chi connectivity index (χ2v) is 4.57. The summed E-state index contributed by atoms with van der Waals surface area (Å²) in [5.41, 5.74) is 2.17. The first-order valence-electron chi connectivity index (χ1n) is 6.27. The van der Waals surface area contributed by atoms with Gasteiger partial charge in [0.2, 0.25) is 0 Å². The minimum Gasteiger partial charge on any atom is -0.479 e. The maximum absolute atomic E-state index is 12.1. The van der Waals surface area contributed by atoms with E-state index in [0.29, 0.717) is 5.56 Å². The molecule has 0 bridgehead atoms. The smallest absolute Gasteiger partial charge is 0.332 e. The van der Waals surface area contributed by atoms with E-state index in [2.05, 4.69) is 10.3 Å². The maximum atomic E-state index is 12.1. The second kappa shape index (κ2) is 5.75. The SMILES string of the molecule is Cc1[nH]c2ccccc2c1C(=O)NCCC(O)C(=O)O. The number of amides is 1. The van der Waals surface area contributed by atoms with Crippen LogP contribution < -0.4 is 5.32 Å². The molecule has 0 radical (unpaired) electrons. The van der Waals surface area contributed by atoms with Crippen LogP contribution in [0, 0.1) is 6.92 Å². The summed E-state index contributed by atoms with van der Waals surface area (Å²) < 4.78 is 0. The van der Waals surface area contributed by atoms with Gasteiger partial charge in [-0.15, -0.1) is 0 Å². The number of aliphatic hydroxyl groups excluding tert-OH is 1. The standard InChI is InChI=1S/C14H16N2O4/c1-8-12(9-4-2-3-5-10(9)16-8)13(18)15-7-6-11(17)14(19)20/h2-5,11,16-17H,6-7H2,1H3,(H,15,18)(H,19,20). The third kappa shape index (κ3) is 2.80. The summed E-state index contributed by atoms with van der Waals surface area (Å²) in [4.78, 5) is 25.7. The highest BCUT2D eigenvalue weighted by molar-refractivity contribution is 6.08. The lowest BCUT2D eigenvalue weighted by atomic mass is 10.1. The quantitative estimate of drug-likeness (QED) is 0.655. The van der Waals surface area contributed by atoms with Gasteiger partial charge in [0, 0.05) is 29.6 Å². The molecule has 106 valence electrons. The van der Waals surface area contributed by atoms with Crippen molar-refractivity contribution >= 4 is 22.8 Å². The molecule has 1 amide bonds. The molecule has 1 heterocycles. The molecule has 0 saturated heterocycles. The van der Waals surface area contributed by atoms with Gasteiger partial charge in [0.1, 0.15) is 0 Å². The molecule has 0 spiro atoms. The van der Waals surface area contributed by atoms with Gasteiger partial charge in [0.05, 0.1) is 5.56 Å². The molecule has 0 saturated carbocycles. The van der Waals surface area contributed by atoms with Crippen LogP contribution in [0.3, 0.4) is 0 Å². The minimum atomic E-state index is -1.46. The van der Waals surface area contributed by atoms with E-state index in [1.807, 2.05) is 24.3 Å². The number of aliphatic carboxylic acids is 1. The van der Waals surface area contributed by atoms with Gasteiger partial charge >= 0.3 is 5.97 Å². The van der Waals surface area contributed by atoms with E-state index >= 15 is 0 Å². The lowest BCUT2D eigenvalue weighted by molar-refractivity contribution is -0.146. The van der Waals surface area contributed by atoms with Gasteiger partial charge in [0.25, 0.3) is 5.91 Å². The zero-order valence-corrected chi connectivity index (χ0v) is 11.0. The number of aryl methyl sites for hydroxylation is 1. The van der Waals surface area contributed by atoms with Crippen molar-refractivity contribution in [3.8, 4) is 0 Å². The molecule has 1 aromatic heterocycles. The molecule has 0 aliphatic carbocycles. The molecular formula is C14H16N2O4. The Kier molecular flexibility index (Phi) is 4.05. The summed E-state index contributed by atoms with van der Waals surface area (Å²) in [5.74, 6) is -1.57. The highest BCUT2D eigenvalue weighted by Crippen LogP contribution is 2.21. The molecule has 0 aliphatic rings. The first-order chi connectivity index (χ1) is 9.50. The Hall–Kier alpha value is -2.34. The Morgan fingerprint density at radius 1 is 1.35 bits per heavy atom. The Morgan fingerprint density at radius 3 is 2.75 bits per heavy atom. The zero-order valence-electron chi connectivity index (χ0n) is 11.0. The van der Waals surface area contributed by atoms with Crippen LogP contribution >= 0.6 is 0 Å². The molecule has 1 atom stereocenters.